The highest BCUT2D eigenvalue weighted by molar-refractivity contribution is 6.20. The molecule has 0 N–H and O–H groups in total. The van der Waals surface area contributed by atoms with E-state index >= 15 is 0 Å². The highest BCUT2D eigenvalue weighted by Gasteiger charge is 2.55. The summed E-state index contributed by atoms with van der Waals surface area (Å²) in [6.45, 7) is 6.10. The number of nitrogens with zero attached hydrogens (tertiary/aromatic N) is 1. The zero-order valence-electron chi connectivity index (χ0n) is 9.40. The molecule has 0 saturated heterocycles. The lowest BCUT2D eigenvalue weighted by Gasteiger charge is -2.19. The van der Waals surface area contributed by atoms with Gasteiger partial charge in [0.2, 0.25) is 0 Å². The monoisotopic (exact) mass is 217 g/mol. The fourth-order valence-electron chi connectivity index (χ4n) is 3.60. The molecular formula is C13H15NO2. The molecule has 2 atom stereocenters. The summed E-state index contributed by atoms with van der Waals surface area (Å²) in [7, 11) is 0. The third-order valence-corrected chi connectivity index (χ3v) is 4.35. The lowest BCUT2D eigenvalue weighted by atomic mass is 9.93. The quantitative estimate of drug-likeness (QED) is 0.519. The summed E-state index contributed by atoms with van der Waals surface area (Å²) in [4.78, 5) is 25.6. The molecule has 0 radical (unpaired) electrons. The maximum absolute atomic E-state index is 12.1. The van der Waals surface area contributed by atoms with Crippen LogP contribution in [0.3, 0.4) is 0 Å². The van der Waals surface area contributed by atoms with E-state index in [1.165, 1.54) is 4.90 Å². The summed E-state index contributed by atoms with van der Waals surface area (Å²) in [6, 6.07) is 0. The lowest BCUT2D eigenvalue weighted by molar-refractivity contribution is -0.137. The molecule has 0 spiro atoms. The van der Waals surface area contributed by atoms with Gasteiger partial charge < -0.3 is 0 Å². The fourth-order valence-corrected chi connectivity index (χ4v) is 3.60. The normalized spacial score (nSPS) is 36.3. The molecule has 0 aromatic rings. The zero-order chi connectivity index (χ0) is 11.4. The van der Waals surface area contributed by atoms with Crippen molar-refractivity contribution < 1.29 is 9.59 Å². The van der Waals surface area contributed by atoms with Crippen LogP contribution in [0.2, 0.25) is 0 Å². The third kappa shape index (κ3) is 0.938. The number of fused-ring (bicyclic) bond motifs is 4. The van der Waals surface area contributed by atoms with Crippen LogP contribution in [0.25, 0.3) is 0 Å². The van der Waals surface area contributed by atoms with Crippen molar-refractivity contribution in [1.82, 2.24) is 4.90 Å². The van der Waals surface area contributed by atoms with Crippen molar-refractivity contribution in [3.8, 4) is 0 Å². The van der Waals surface area contributed by atoms with Gasteiger partial charge in [0, 0.05) is 17.7 Å². The van der Waals surface area contributed by atoms with E-state index in [0.29, 0.717) is 24.3 Å². The molecule has 1 fully saturated rings. The summed E-state index contributed by atoms with van der Waals surface area (Å²) in [5, 5.41) is 0. The van der Waals surface area contributed by atoms with E-state index in [1.807, 2.05) is 0 Å². The Labute approximate surface area is 94.8 Å². The molecule has 1 saturated carbocycles. The molecule has 2 amide bonds. The van der Waals surface area contributed by atoms with Gasteiger partial charge in [0.25, 0.3) is 11.8 Å². The molecular weight excluding hydrogens is 202 g/mol. The van der Waals surface area contributed by atoms with Crippen molar-refractivity contribution in [2.24, 2.45) is 17.8 Å². The van der Waals surface area contributed by atoms with Gasteiger partial charge in [-0.2, -0.15) is 0 Å². The lowest BCUT2D eigenvalue weighted by Crippen LogP contribution is -2.34. The Kier molecular flexibility index (Phi) is 1.88. The summed E-state index contributed by atoms with van der Waals surface area (Å²) >= 11 is 0. The molecule has 84 valence electrons. The van der Waals surface area contributed by atoms with Gasteiger partial charge in [0.1, 0.15) is 0 Å². The maximum Gasteiger partial charge on any atom is 0.257 e. The van der Waals surface area contributed by atoms with E-state index < -0.39 is 0 Å². The van der Waals surface area contributed by atoms with Gasteiger partial charge in [-0.3, -0.25) is 14.5 Å². The molecule has 2 unspecified atom stereocenters. The first-order valence-corrected chi connectivity index (χ1v) is 5.88. The number of hydrogen-bond donors (Lipinski definition) is 0. The van der Waals surface area contributed by atoms with Gasteiger partial charge in [-0.25, -0.2) is 0 Å². The van der Waals surface area contributed by atoms with Crippen LogP contribution in [-0.4, -0.2) is 23.3 Å². The number of amides is 2. The van der Waals surface area contributed by atoms with E-state index in [1.54, 1.807) is 6.08 Å². The standard InChI is InChI=1S/C13H15NO2/c1-3-6-14-12(15)10-8-4-5-9(7(8)2)11(10)13(14)16/h3,7-9H,1,4-6H2,2H3. The topological polar surface area (TPSA) is 37.4 Å². The SMILES string of the molecule is C=CCN1C(=O)C2=C(C1=O)C1CCC2C1C. The first kappa shape index (κ1) is 9.82. The second-order valence-electron chi connectivity index (χ2n) is 4.99. The Hall–Kier alpha value is -1.38. The highest BCUT2D eigenvalue weighted by Crippen LogP contribution is 2.55. The number of carbonyl (C=O) groups excluding carboxylic acids is 2. The summed E-state index contributed by atoms with van der Waals surface area (Å²) in [5.41, 5.74) is 1.66. The van der Waals surface area contributed by atoms with Crippen LogP contribution in [0.5, 0.6) is 0 Å². The number of likely N-dealkylation sites (tertiary alicyclic amines) is 1. The van der Waals surface area contributed by atoms with Crippen LogP contribution in [0, 0.1) is 17.8 Å². The highest BCUT2D eigenvalue weighted by atomic mass is 16.2. The van der Waals surface area contributed by atoms with Crippen molar-refractivity contribution in [3.63, 3.8) is 0 Å². The van der Waals surface area contributed by atoms with Crippen molar-refractivity contribution >= 4 is 11.8 Å². The van der Waals surface area contributed by atoms with E-state index in [-0.39, 0.29) is 11.8 Å². The van der Waals surface area contributed by atoms with Crippen LogP contribution in [0.1, 0.15) is 19.8 Å². The largest absolute Gasteiger partial charge is 0.271 e. The number of imide groups is 1. The second-order valence-corrected chi connectivity index (χ2v) is 4.99. The first-order chi connectivity index (χ1) is 7.66. The summed E-state index contributed by atoms with van der Waals surface area (Å²) in [6.07, 6.45) is 3.76. The summed E-state index contributed by atoms with van der Waals surface area (Å²) in [5.74, 6) is 1.05. The number of carbonyl (C=O) groups is 2. The molecule has 2 bridgehead atoms. The average Bonchev–Trinajstić information content (AvgIpc) is 2.84. The van der Waals surface area contributed by atoms with Crippen LogP contribution in [0.4, 0.5) is 0 Å². The summed E-state index contributed by atoms with van der Waals surface area (Å²) < 4.78 is 0. The van der Waals surface area contributed by atoms with Crippen molar-refractivity contribution in [3.05, 3.63) is 23.8 Å². The molecule has 1 aliphatic heterocycles. The van der Waals surface area contributed by atoms with Crippen LogP contribution >= 0.6 is 0 Å². The average molecular weight is 217 g/mol. The minimum Gasteiger partial charge on any atom is -0.271 e. The van der Waals surface area contributed by atoms with Gasteiger partial charge in [-0.15, -0.1) is 6.58 Å². The molecule has 1 heterocycles. The Morgan fingerprint density at radius 3 is 2.19 bits per heavy atom. The molecule has 2 aliphatic carbocycles. The predicted octanol–water partition coefficient (Wildman–Crippen LogP) is 1.51. The van der Waals surface area contributed by atoms with Gasteiger partial charge in [0.05, 0.1) is 0 Å². The maximum atomic E-state index is 12.1. The van der Waals surface area contributed by atoms with E-state index in [0.717, 1.165) is 24.0 Å². The van der Waals surface area contributed by atoms with E-state index in [9.17, 15) is 9.59 Å². The van der Waals surface area contributed by atoms with Crippen LogP contribution in [-0.2, 0) is 9.59 Å². The van der Waals surface area contributed by atoms with Gasteiger partial charge in [-0.1, -0.05) is 13.0 Å². The van der Waals surface area contributed by atoms with Gasteiger partial charge in [0.15, 0.2) is 0 Å². The second kappa shape index (κ2) is 3.06. The smallest absolute Gasteiger partial charge is 0.257 e. The molecule has 0 aromatic carbocycles. The molecule has 3 heteroatoms. The number of hydrogen-bond acceptors (Lipinski definition) is 2. The van der Waals surface area contributed by atoms with E-state index in [4.69, 9.17) is 0 Å². The van der Waals surface area contributed by atoms with Crippen LogP contribution < -0.4 is 0 Å². The molecule has 16 heavy (non-hydrogen) atoms. The Morgan fingerprint density at radius 2 is 1.75 bits per heavy atom. The first-order valence-electron chi connectivity index (χ1n) is 5.88. The number of rotatable bonds is 2. The van der Waals surface area contributed by atoms with Gasteiger partial charge >= 0.3 is 0 Å². The molecule has 3 aliphatic rings. The fraction of sp³-hybridized carbons (Fsp3) is 0.538. The Balaban J connectivity index is 2.02. The van der Waals surface area contributed by atoms with Crippen molar-refractivity contribution in [2.75, 3.05) is 6.54 Å². The van der Waals surface area contributed by atoms with Crippen LogP contribution in [0.15, 0.2) is 23.8 Å². The molecule has 0 aromatic heterocycles. The Morgan fingerprint density at radius 1 is 1.25 bits per heavy atom. The van der Waals surface area contributed by atoms with E-state index in [2.05, 4.69) is 13.5 Å². The zero-order valence-corrected chi connectivity index (χ0v) is 9.40. The Bertz CT molecular complexity index is 401. The molecule has 3 nitrogen and oxygen atoms in total. The predicted molar refractivity (Wildman–Crippen MR) is 59.3 cm³/mol. The third-order valence-electron chi connectivity index (χ3n) is 4.35. The minimum atomic E-state index is -0.0565. The van der Waals surface area contributed by atoms with Crippen molar-refractivity contribution in [1.29, 1.82) is 0 Å². The minimum absolute atomic E-state index is 0.0565. The molecule has 3 rings (SSSR count). The van der Waals surface area contributed by atoms with Gasteiger partial charge in [-0.05, 0) is 30.6 Å². The van der Waals surface area contributed by atoms with Crippen molar-refractivity contribution in [2.45, 2.75) is 19.8 Å².